The second-order valence-electron chi connectivity index (χ2n) is 8.31. The molecule has 10 heteroatoms. The molecular weight excluding hydrogens is 488 g/mol. The summed E-state index contributed by atoms with van der Waals surface area (Å²) in [5.41, 5.74) is 1.30. The third kappa shape index (κ3) is 4.58. The van der Waals surface area contributed by atoms with E-state index in [4.69, 9.17) is 4.74 Å². The molecule has 5 rings (SSSR count). The largest absolute Gasteiger partial charge is 0.505 e. The van der Waals surface area contributed by atoms with Gasteiger partial charge in [0.15, 0.2) is 5.75 Å². The van der Waals surface area contributed by atoms with E-state index < -0.39 is 29.4 Å². The van der Waals surface area contributed by atoms with Gasteiger partial charge in [-0.05, 0) is 54.8 Å². The number of benzene rings is 4. The summed E-state index contributed by atoms with van der Waals surface area (Å²) in [6, 6.07) is 19.2. The van der Waals surface area contributed by atoms with Crippen LogP contribution in [0.3, 0.4) is 0 Å². The molecule has 0 aromatic heterocycles. The van der Waals surface area contributed by atoms with Gasteiger partial charge in [0.1, 0.15) is 5.69 Å². The molecule has 188 valence electrons. The van der Waals surface area contributed by atoms with E-state index in [1.807, 2.05) is 0 Å². The van der Waals surface area contributed by atoms with Crippen LogP contribution in [0.5, 0.6) is 5.75 Å². The number of phenolic OH excluding ortho intramolecular Hbond substituents is 1. The average molecular weight is 508 g/mol. The lowest BCUT2D eigenvalue weighted by atomic mass is 10.0. The summed E-state index contributed by atoms with van der Waals surface area (Å²) in [5.74, 6) is -2.56. The van der Waals surface area contributed by atoms with Crippen LogP contribution in [-0.2, 0) is 4.74 Å². The van der Waals surface area contributed by atoms with Gasteiger partial charge in [-0.3, -0.25) is 19.7 Å². The lowest BCUT2D eigenvalue weighted by Crippen LogP contribution is -2.19. The van der Waals surface area contributed by atoms with Gasteiger partial charge in [-0.15, -0.1) is 5.11 Å². The first-order chi connectivity index (χ1) is 18.4. The molecule has 3 N–H and O–H groups in total. The van der Waals surface area contributed by atoms with E-state index in [1.54, 1.807) is 49.4 Å². The molecule has 1 aliphatic rings. The standard InChI is InChI=1S/C28H20N4O6/c1-2-38-28(37)16-7-5-8-17(12-16)29-27(36)22-13-15-6-3-4-9-19(15)23(24(22)33)32-31-18-10-11-20-21(14-18)26(35)30-25(20)34/h3-14,33H,2H2,1H3,(H,29,36)(H,30,34,35). The maximum atomic E-state index is 13.2. The molecule has 0 fully saturated rings. The van der Waals surface area contributed by atoms with Crippen LogP contribution in [0.4, 0.5) is 17.1 Å². The highest BCUT2D eigenvalue weighted by Gasteiger charge is 2.26. The van der Waals surface area contributed by atoms with Gasteiger partial charge in [0.25, 0.3) is 17.7 Å². The predicted molar refractivity (Wildman–Crippen MR) is 138 cm³/mol. The predicted octanol–water partition coefficient (Wildman–Crippen LogP) is 5.27. The third-order valence-corrected chi connectivity index (χ3v) is 5.86. The third-order valence-electron chi connectivity index (χ3n) is 5.86. The summed E-state index contributed by atoms with van der Waals surface area (Å²) in [7, 11) is 0. The summed E-state index contributed by atoms with van der Waals surface area (Å²) < 4.78 is 5.00. The number of esters is 1. The van der Waals surface area contributed by atoms with Gasteiger partial charge in [-0.25, -0.2) is 4.79 Å². The lowest BCUT2D eigenvalue weighted by Gasteiger charge is -2.12. The molecular formula is C28H20N4O6. The highest BCUT2D eigenvalue weighted by molar-refractivity contribution is 6.21. The summed E-state index contributed by atoms with van der Waals surface area (Å²) in [6.45, 7) is 1.91. The molecule has 0 unspecified atom stereocenters. The van der Waals surface area contributed by atoms with Gasteiger partial charge < -0.3 is 15.2 Å². The highest BCUT2D eigenvalue weighted by Crippen LogP contribution is 2.40. The topological polar surface area (TPSA) is 147 Å². The molecule has 38 heavy (non-hydrogen) atoms. The van der Waals surface area contributed by atoms with Crippen molar-refractivity contribution in [1.82, 2.24) is 5.32 Å². The molecule has 1 aliphatic heterocycles. The Morgan fingerprint density at radius 1 is 0.921 bits per heavy atom. The first-order valence-corrected chi connectivity index (χ1v) is 11.6. The number of hydrogen-bond donors (Lipinski definition) is 3. The number of aromatic hydroxyl groups is 1. The van der Waals surface area contributed by atoms with Gasteiger partial charge >= 0.3 is 5.97 Å². The number of hydrogen-bond acceptors (Lipinski definition) is 8. The molecule has 0 saturated carbocycles. The Morgan fingerprint density at radius 2 is 1.71 bits per heavy atom. The van der Waals surface area contributed by atoms with E-state index in [0.29, 0.717) is 16.5 Å². The normalized spacial score (nSPS) is 12.4. The zero-order chi connectivity index (χ0) is 26.8. The second-order valence-corrected chi connectivity index (χ2v) is 8.31. The molecule has 4 aromatic carbocycles. The monoisotopic (exact) mass is 508 g/mol. The lowest BCUT2D eigenvalue weighted by molar-refractivity contribution is 0.0525. The minimum atomic E-state index is -0.626. The number of phenols is 1. The first kappa shape index (κ1) is 24.3. The zero-order valence-corrected chi connectivity index (χ0v) is 20.0. The summed E-state index contributed by atoms with van der Waals surface area (Å²) in [5, 5.41) is 25.5. The van der Waals surface area contributed by atoms with E-state index in [2.05, 4.69) is 20.9 Å². The minimum absolute atomic E-state index is 0.0505. The van der Waals surface area contributed by atoms with E-state index in [-0.39, 0.29) is 40.2 Å². The van der Waals surface area contributed by atoms with Crippen molar-refractivity contribution in [2.24, 2.45) is 10.2 Å². The van der Waals surface area contributed by atoms with Crippen molar-refractivity contribution in [3.05, 3.63) is 95.1 Å². The quantitative estimate of drug-likeness (QED) is 0.184. The Morgan fingerprint density at radius 3 is 2.53 bits per heavy atom. The van der Waals surface area contributed by atoms with Crippen molar-refractivity contribution in [2.75, 3.05) is 11.9 Å². The number of carbonyl (C=O) groups is 4. The van der Waals surface area contributed by atoms with Crippen molar-refractivity contribution >= 4 is 51.5 Å². The SMILES string of the molecule is CCOC(=O)c1cccc(NC(=O)c2cc3ccccc3c(N=Nc3ccc4c(c3)C(=O)NC4=O)c2O)c1. The van der Waals surface area contributed by atoms with Crippen LogP contribution in [0.25, 0.3) is 10.8 Å². The number of ether oxygens (including phenoxy) is 1. The van der Waals surface area contributed by atoms with Crippen LogP contribution < -0.4 is 10.6 Å². The Kier molecular flexibility index (Phi) is 6.36. The summed E-state index contributed by atoms with van der Waals surface area (Å²) >= 11 is 0. The van der Waals surface area contributed by atoms with Crippen molar-refractivity contribution in [3.63, 3.8) is 0 Å². The first-order valence-electron chi connectivity index (χ1n) is 11.6. The molecule has 0 spiro atoms. The Hall–Kier alpha value is -5.38. The Balaban J connectivity index is 1.50. The number of nitrogens with one attached hydrogen (secondary N) is 2. The van der Waals surface area contributed by atoms with E-state index in [9.17, 15) is 24.3 Å². The Labute approximate surface area is 216 Å². The van der Waals surface area contributed by atoms with Gasteiger partial charge in [-0.2, -0.15) is 5.11 Å². The number of nitrogens with zero attached hydrogens (tertiary/aromatic N) is 2. The van der Waals surface area contributed by atoms with Crippen molar-refractivity contribution in [1.29, 1.82) is 0 Å². The molecule has 0 saturated heterocycles. The van der Waals surface area contributed by atoms with E-state index in [0.717, 1.165) is 0 Å². The van der Waals surface area contributed by atoms with E-state index >= 15 is 0 Å². The van der Waals surface area contributed by atoms with Gasteiger partial charge in [0, 0.05) is 11.1 Å². The van der Waals surface area contributed by atoms with Crippen LogP contribution in [0.15, 0.2) is 83.0 Å². The number of anilines is 1. The fourth-order valence-electron chi connectivity index (χ4n) is 4.05. The van der Waals surface area contributed by atoms with Crippen LogP contribution in [0, 0.1) is 0 Å². The van der Waals surface area contributed by atoms with Gasteiger partial charge in [-0.1, -0.05) is 30.3 Å². The Bertz CT molecular complexity index is 1680. The summed E-state index contributed by atoms with van der Waals surface area (Å²) in [6.07, 6.45) is 0. The molecule has 10 nitrogen and oxygen atoms in total. The van der Waals surface area contributed by atoms with E-state index in [1.165, 1.54) is 30.3 Å². The summed E-state index contributed by atoms with van der Waals surface area (Å²) in [4.78, 5) is 49.0. The van der Waals surface area contributed by atoms with Crippen LogP contribution in [0.2, 0.25) is 0 Å². The number of carbonyl (C=O) groups excluding carboxylic acids is 4. The van der Waals surface area contributed by atoms with Gasteiger partial charge in [0.05, 0.1) is 34.5 Å². The smallest absolute Gasteiger partial charge is 0.338 e. The van der Waals surface area contributed by atoms with Crippen LogP contribution in [-0.4, -0.2) is 35.4 Å². The number of fused-ring (bicyclic) bond motifs is 2. The molecule has 0 radical (unpaired) electrons. The number of imide groups is 1. The van der Waals surface area contributed by atoms with Gasteiger partial charge in [0.2, 0.25) is 0 Å². The molecule has 0 bridgehead atoms. The maximum absolute atomic E-state index is 13.2. The molecule has 0 aliphatic carbocycles. The van der Waals surface area contributed by atoms with Crippen molar-refractivity contribution < 1.29 is 29.0 Å². The number of rotatable bonds is 6. The molecule has 0 atom stereocenters. The minimum Gasteiger partial charge on any atom is -0.505 e. The van der Waals surface area contributed by atoms with Crippen LogP contribution in [0.1, 0.15) is 48.4 Å². The zero-order valence-electron chi connectivity index (χ0n) is 20.0. The number of azo groups is 1. The highest BCUT2D eigenvalue weighted by atomic mass is 16.5. The fraction of sp³-hybridized carbons (Fsp3) is 0.0714. The maximum Gasteiger partial charge on any atom is 0.338 e. The average Bonchev–Trinajstić information content (AvgIpc) is 3.20. The van der Waals surface area contributed by atoms with Crippen molar-refractivity contribution in [2.45, 2.75) is 6.92 Å². The fourth-order valence-corrected chi connectivity index (χ4v) is 4.05. The number of amides is 3. The van der Waals surface area contributed by atoms with Crippen LogP contribution >= 0.6 is 0 Å². The second kappa shape index (κ2) is 9.94. The van der Waals surface area contributed by atoms with Crippen molar-refractivity contribution in [3.8, 4) is 5.75 Å². The molecule has 3 amide bonds. The molecule has 4 aromatic rings. The molecule has 1 heterocycles.